The third-order valence-electron chi connectivity index (χ3n) is 6.78. The Bertz CT molecular complexity index is 614. The lowest BCUT2D eigenvalue weighted by molar-refractivity contribution is 0.652. The molecule has 9 heteroatoms. The maximum Gasteiger partial charge on any atom is 0.0842 e. The molecule has 3 aliphatic heterocycles. The Balaban J connectivity index is 1.68. The third kappa shape index (κ3) is 7.43. The van der Waals surface area contributed by atoms with E-state index in [0.29, 0.717) is 0 Å². The van der Waals surface area contributed by atoms with Crippen LogP contribution < -0.4 is 46.6 Å². The van der Waals surface area contributed by atoms with E-state index < -0.39 is 0 Å². The first-order valence-electron chi connectivity index (χ1n) is 13.1. The summed E-state index contributed by atoms with van der Waals surface area (Å²) < 4.78 is 0. The van der Waals surface area contributed by atoms with Gasteiger partial charge in [-0.25, -0.2) is 0 Å². The van der Waals surface area contributed by atoms with E-state index in [2.05, 4.69) is 64.8 Å². The van der Waals surface area contributed by atoms with Gasteiger partial charge in [0, 0.05) is 118 Å². The fraction of sp³-hybridized carbons (Fsp3) is 0.750. The molecule has 0 aliphatic carbocycles. The van der Waals surface area contributed by atoms with Crippen LogP contribution in [0.1, 0.15) is 0 Å². The molecule has 3 heterocycles. The van der Waals surface area contributed by atoms with Crippen molar-refractivity contribution in [2.24, 2.45) is 0 Å². The van der Waals surface area contributed by atoms with Crippen molar-refractivity contribution >= 4 is 17.1 Å². The number of hydrogen-bond donors (Lipinski definition) is 6. The van der Waals surface area contributed by atoms with E-state index in [-0.39, 0.29) is 0 Å². The lowest BCUT2D eigenvalue weighted by atomic mass is 10.1. The smallest absolute Gasteiger partial charge is 0.0842 e. The maximum atomic E-state index is 3.61. The minimum atomic E-state index is 1.02. The minimum Gasteiger partial charge on any atom is -0.367 e. The number of rotatable bonds is 3. The van der Waals surface area contributed by atoms with E-state index in [1.54, 1.807) is 0 Å². The van der Waals surface area contributed by atoms with Gasteiger partial charge in [-0.1, -0.05) is 6.07 Å². The summed E-state index contributed by atoms with van der Waals surface area (Å²) in [5.41, 5.74) is 4.15. The van der Waals surface area contributed by atoms with Gasteiger partial charge in [-0.3, -0.25) is 0 Å². The van der Waals surface area contributed by atoms with E-state index in [1.807, 2.05) is 0 Å². The van der Waals surface area contributed by atoms with Gasteiger partial charge in [0.2, 0.25) is 0 Å². The van der Waals surface area contributed by atoms with Crippen molar-refractivity contribution in [2.75, 3.05) is 133 Å². The van der Waals surface area contributed by atoms with E-state index in [1.165, 1.54) is 17.1 Å². The molecule has 1 aromatic carbocycles. The molecule has 9 nitrogen and oxygen atoms in total. The van der Waals surface area contributed by atoms with Crippen LogP contribution in [0.15, 0.2) is 18.2 Å². The number of nitrogens with zero attached hydrogens (tertiary/aromatic N) is 3. The van der Waals surface area contributed by atoms with Gasteiger partial charge in [-0.2, -0.15) is 0 Å². The zero-order valence-corrected chi connectivity index (χ0v) is 20.3. The van der Waals surface area contributed by atoms with Gasteiger partial charge in [-0.15, -0.1) is 0 Å². The van der Waals surface area contributed by atoms with Gasteiger partial charge in [-0.05, 0) is 12.1 Å². The quantitative estimate of drug-likeness (QED) is 0.330. The topological polar surface area (TPSA) is 81.9 Å². The zero-order valence-electron chi connectivity index (χ0n) is 20.3. The Labute approximate surface area is 200 Å². The Morgan fingerprint density at radius 2 is 0.697 bits per heavy atom. The minimum absolute atomic E-state index is 1.02. The Morgan fingerprint density at radius 3 is 1.03 bits per heavy atom. The largest absolute Gasteiger partial charge is 0.367 e. The van der Waals surface area contributed by atoms with Gasteiger partial charge in [0.1, 0.15) is 0 Å². The molecule has 6 N–H and O–H groups in total. The fourth-order valence-corrected chi connectivity index (χ4v) is 4.96. The highest BCUT2D eigenvalue weighted by atomic mass is 15.3. The second kappa shape index (κ2) is 13.9. The zero-order chi connectivity index (χ0) is 22.6. The summed E-state index contributed by atoms with van der Waals surface area (Å²) in [7, 11) is 0. The number of nitrogens with one attached hydrogen (secondary N) is 6. The Hall–Kier alpha value is -1.62. The van der Waals surface area contributed by atoms with Crippen LogP contribution in [0.4, 0.5) is 17.1 Å². The summed E-state index contributed by atoms with van der Waals surface area (Å²) in [6, 6.07) is 6.95. The molecule has 0 unspecified atom stereocenters. The first-order chi connectivity index (χ1) is 16.4. The van der Waals surface area contributed by atoms with Crippen LogP contribution in [-0.4, -0.2) is 118 Å². The second-order valence-electron chi connectivity index (χ2n) is 9.11. The second-order valence-corrected chi connectivity index (χ2v) is 9.11. The predicted molar refractivity (Wildman–Crippen MR) is 140 cm³/mol. The van der Waals surface area contributed by atoms with Gasteiger partial charge >= 0.3 is 0 Å². The highest BCUT2D eigenvalue weighted by molar-refractivity contribution is 5.85. The van der Waals surface area contributed by atoms with E-state index in [9.17, 15) is 0 Å². The number of hydrogen-bond acceptors (Lipinski definition) is 9. The third-order valence-corrected chi connectivity index (χ3v) is 6.78. The molecular weight excluding hydrogens is 414 g/mol. The summed E-state index contributed by atoms with van der Waals surface area (Å²) in [5.74, 6) is 0. The molecule has 33 heavy (non-hydrogen) atoms. The number of anilines is 3. The SMILES string of the molecule is c1cc(N2CCNCCNCC2)c(N2CCNCCNCC2)c(N2CCNCCNCC2)c1. The van der Waals surface area contributed by atoms with E-state index >= 15 is 0 Å². The molecular formula is C24H45N9. The van der Waals surface area contributed by atoms with Crippen LogP contribution in [0.2, 0.25) is 0 Å². The van der Waals surface area contributed by atoms with Crippen LogP contribution in [0.3, 0.4) is 0 Å². The van der Waals surface area contributed by atoms with Crippen molar-refractivity contribution in [1.29, 1.82) is 0 Å². The average Bonchev–Trinajstić information content (AvgIpc) is 3.14. The molecule has 0 bridgehead atoms. The van der Waals surface area contributed by atoms with E-state index in [4.69, 9.17) is 0 Å². The van der Waals surface area contributed by atoms with E-state index in [0.717, 1.165) is 118 Å². The molecule has 0 saturated carbocycles. The predicted octanol–water partition coefficient (Wildman–Crippen LogP) is -1.32. The maximum absolute atomic E-state index is 3.61. The van der Waals surface area contributed by atoms with Crippen LogP contribution in [0, 0.1) is 0 Å². The molecule has 0 atom stereocenters. The summed E-state index contributed by atoms with van der Waals surface area (Å²) in [6.07, 6.45) is 0. The normalized spacial score (nSPS) is 23.1. The molecule has 186 valence electrons. The first-order valence-corrected chi connectivity index (χ1v) is 13.1. The van der Waals surface area contributed by atoms with Crippen molar-refractivity contribution in [3.05, 3.63) is 18.2 Å². The Kier molecular flexibility index (Phi) is 10.3. The molecule has 3 aliphatic rings. The monoisotopic (exact) mass is 459 g/mol. The average molecular weight is 460 g/mol. The number of benzene rings is 1. The molecule has 0 radical (unpaired) electrons. The summed E-state index contributed by atoms with van der Waals surface area (Å²) in [6.45, 7) is 18.5. The van der Waals surface area contributed by atoms with Crippen molar-refractivity contribution in [1.82, 2.24) is 31.9 Å². The van der Waals surface area contributed by atoms with Gasteiger partial charge in [0.05, 0.1) is 17.1 Å². The Morgan fingerprint density at radius 1 is 0.394 bits per heavy atom. The van der Waals surface area contributed by atoms with Crippen molar-refractivity contribution in [2.45, 2.75) is 0 Å². The summed E-state index contributed by atoms with van der Waals surface area (Å²) in [4.78, 5) is 7.80. The fourth-order valence-electron chi connectivity index (χ4n) is 4.96. The molecule has 0 aromatic heterocycles. The molecule has 3 fully saturated rings. The molecule has 3 saturated heterocycles. The van der Waals surface area contributed by atoms with Crippen molar-refractivity contribution in [3.8, 4) is 0 Å². The number of para-hydroxylation sites is 1. The lowest BCUT2D eigenvalue weighted by Crippen LogP contribution is -2.40. The van der Waals surface area contributed by atoms with Crippen molar-refractivity contribution < 1.29 is 0 Å². The van der Waals surface area contributed by atoms with Crippen LogP contribution in [0.25, 0.3) is 0 Å². The van der Waals surface area contributed by atoms with Crippen LogP contribution in [0.5, 0.6) is 0 Å². The molecule has 0 spiro atoms. The molecule has 1 aromatic rings. The van der Waals surface area contributed by atoms with Gasteiger partial charge in [0.15, 0.2) is 0 Å². The molecule has 0 amide bonds. The summed E-state index contributed by atoms with van der Waals surface area (Å²) >= 11 is 0. The molecule has 4 rings (SSSR count). The lowest BCUT2D eigenvalue weighted by Gasteiger charge is -2.37. The van der Waals surface area contributed by atoms with Crippen molar-refractivity contribution in [3.63, 3.8) is 0 Å². The highest BCUT2D eigenvalue weighted by Gasteiger charge is 2.23. The van der Waals surface area contributed by atoms with Gasteiger partial charge in [0.25, 0.3) is 0 Å². The first kappa shape index (κ1) is 24.5. The highest BCUT2D eigenvalue weighted by Crippen LogP contribution is 2.39. The van der Waals surface area contributed by atoms with Gasteiger partial charge < -0.3 is 46.6 Å². The van der Waals surface area contributed by atoms with Crippen LogP contribution >= 0.6 is 0 Å². The van der Waals surface area contributed by atoms with Crippen LogP contribution in [-0.2, 0) is 0 Å². The summed E-state index contributed by atoms with van der Waals surface area (Å²) in [5, 5.41) is 21.6. The standard InChI is InChI=1S/C24H45N9/c1-2-22(31-16-10-25-4-5-26-11-17-31)24(33-20-14-29-8-9-30-15-21-33)23(3-1)32-18-12-27-6-7-28-13-19-32/h1-3,25-30H,4-21H2.